The predicted octanol–water partition coefficient (Wildman–Crippen LogP) is -2.19. The number of hydrogen-bond donors (Lipinski definition) is 1. The monoisotopic (exact) mass is 174 g/mol. The number of nitrogens with two attached hydrogens (primary N) is 1. The van der Waals surface area contributed by atoms with E-state index in [9.17, 15) is 4.79 Å². The first-order valence-electron chi connectivity index (χ1n) is 3.05. The van der Waals surface area contributed by atoms with Crippen molar-refractivity contribution < 1.29 is 21.6 Å². The first-order chi connectivity index (χ1) is 4.72. The quantitative estimate of drug-likeness (QED) is 0.519. The number of halogens is 1. The second-order valence-corrected chi connectivity index (χ2v) is 2.13. The third-order valence-corrected chi connectivity index (χ3v) is 1.18. The number of furan rings is 1. The summed E-state index contributed by atoms with van der Waals surface area (Å²) in [6.45, 7) is 1.63. The molecule has 1 rings (SSSR count). The summed E-state index contributed by atoms with van der Waals surface area (Å²) in [5, 5.41) is 0. The fourth-order valence-electron chi connectivity index (χ4n) is 0.643. The fraction of sp³-hybridized carbons (Fsp3) is 0.286. The molecule has 0 saturated carbocycles. The lowest BCUT2D eigenvalue weighted by Gasteiger charge is -1.97. The highest BCUT2D eigenvalue weighted by Crippen LogP contribution is 2.02. The van der Waals surface area contributed by atoms with Gasteiger partial charge in [0.1, 0.15) is 0 Å². The molecule has 0 amide bonds. The van der Waals surface area contributed by atoms with Crippen molar-refractivity contribution in [1.29, 1.82) is 0 Å². The Morgan fingerprint density at radius 1 is 1.73 bits per heavy atom. The molecule has 0 aromatic carbocycles. The van der Waals surface area contributed by atoms with Crippen LogP contribution in [0.3, 0.4) is 0 Å². The van der Waals surface area contributed by atoms with Crippen molar-refractivity contribution in [3.05, 3.63) is 24.2 Å². The van der Waals surface area contributed by atoms with E-state index in [1.54, 1.807) is 19.1 Å². The summed E-state index contributed by atoms with van der Waals surface area (Å²) < 4.78 is 4.83. The Morgan fingerprint density at radius 2 is 2.36 bits per heavy atom. The molecular weight excluding hydrogens is 166 g/mol. The maximum atomic E-state index is 11.0. The van der Waals surface area contributed by atoms with Crippen LogP contribution in [-0.4, -0.2) is 11.8 Å². The summed E-state index contributed by atoms with van der Waals surface area (Å²) in [6.07, 6.45) is 1.45. The molecule has 62 valence electrons. The van der Waals surface area contributed by atoms with Gasteiger partial charge in [-0.3, -0.25) is 4.79 Å². The van der Waals surface area contributed by atoms with Gasteiger partial charge in [-0.05, 0) is 19.1 Å². The van der Waals surface area contributed by atoms with Gasteiger partial charge < -0.3 is 22.6 Å². The average molecular weight is 175 g/mol. The molecule has 4 heteroatoms. The number of carbonyl (C=O) groups is 1. The molecule has 0 spiro atoms. The molecule has 2 N–H and O–H groups in total. The predicted molar refractivity (Wildman–Crippen MR) is 36.7 cm³/mol. The van der Waals surface area contributed by atoms with Gasteiger partial charge in [0, 0.05) is 0 Å². The molecule has 0 fully saturated rings. The van der Waals surface area contributed by atoms with Gasteiger partial charge in [-0.1, -0.05) is 0 Å². The van der Waals surface area contributed by atoms with E-state index in [1.807, 2.05) is 0 Å². The minimum atomic E-state index is -0.480. The van der Waals surface area contributed by atoms with Gasteiger partial charge in [0.2, 0.25) is 5.78 Å². The van der Waals surface area contributed by atoms with Crippen molar-refractivity contribution in [3.8, 4) is 0 Å². The molecule has 1 atom stereocenters. The standard InChI is InChI=1S/C7H9NO2.ClH/c1-5(8)7(9)6-3-2-4-10-6;/h2-5H,8H2,1H3;1H/p-1. The van der Waals surface area contributed by atoms with Crippen molar-refractivity contribution in [2.45, 2.75) is 13.0 Å². The Hall–Kier alpha value is -0.800. The first kappa shape index (κ1) is 10.2. The molecule has 1 aromatic rings. The van der Waals surface area contributed by atoms with Crippen molar-refractivity contribution in [2.24, 2.45) is 5.73 Å². The van der Waals surface area contributed by atoms with Gasteiger partial charge in [0.05, 0.1) is 12.3 Å². The topological polar surface area (TPSA) is 56.2 Å². The molecule has 3 nitrogen and oxygen atoms in total. The van der Waals surface area contributed by atoms with E-state index in [1.165, 1.54) is 6.26 Å². The maximum Gasteiger partial charge on any atom is 0.214 e. The highest BCUT2D eigenvalue weighted by Gasteiger charge is 2.12. The van der Waals surface area contributed by atoms with Crippen LogP contribution in [0.25, 0.3) is 0 Å². The van der Waals surface area contributed by atoms with Crippen LogP contribution in [0.2, 0.25) is 0 Å². The number of ketones is 1. The summed E-state index contributed by atoms with van der Waals surface area (Å²) in [7, 11) is 0. The largest absolute Gasteiger partial charge is 1.00 e. The van der Waals surface area contributed by atoms with Crippen LogP contribution in [0.15, 0.2) is 22.8 Å². The molecule has 1 unspecified atom stereocenters. The van der Waals surface area contributed by atoms with Crippen molar-refractivity contribution in [2.75, 3.05) is 0 Å². The number of rotatable bonds is 2. The van der Waals surface area contributed by atoms with Gasteiger partial charge >= 0.3 is 0 Å². The first-order valence-corrected chi connectivity index (χ1v) is 3.05. The molecule has 0 radical (unpaired) electrons. The lowest BCUT2D eigenvalue weighted by atomic mass is 10.2. The SMILES string of the molecule is CC(N)C(=O)c1ccco1.[Cl-]. The van der Waals surface area contributed by atoms with E-state index in [-0.39, 0.29) is 18.2 Å². The zero-order valence-electron chi connectivity index (χ0n) is 6.08. The van der Waals surface area contributed by atoms with Gasteiger partial charge in [-0.2, -0.15) is 0 Å². The molecule has 0 aliphatic rings. The number of carbonyl (C=O) groups excluding carboxylic acids is 1. The third-order valence-electron chi connectivity index (χ3n) is 1.18. The van der Waals surface area contributed by atoms with Crippen molar-refractivity contribution in [1.82, 2.24) is 0 Å². The summed E-state index contributed by atoms with van der Waals surface area (Å²) in [6, 6.07) is 2.78. The van der Waals surface area contributed by atoms with Crippen molar-refractivity contribution >= 4 is 5.78 Å². The molecule has 11 heavy (non-hydrogen) atoms. The van der Waals surface area contributed by atoms with E-state index >= 15 is 0 Å². The second-order valence-electron chi connectivity index (χ2n) is 2.13. The summed E-state index contributed by atoms with van der Waals surface area (Å²) in [5.41, 5.74) is 5.32. The van der Waals surface area contributed by atoms with E-state index < -0.39 is 6.04 Å². The molecule has 0 aliphatic carbocycles. The zero-order chi connectivity index (χ0) is 7.56. The van der Waals surface area contributed by atoms with Crippen LogP contribution in [0, 0.1) is 0 Å². The average Bonchev–Trinajstić information content (AvgIpc) is 2.36. The summed E-state index contributed by atoms with van der Waals surface area (Å²) in [4.78, 5) is 11.0. The Labute approximate surface area is 71.0 Å². The lowest BCUT2D eigenvalue weighted by molar-refractivity contribution is -0.00000963. The Balaban J connectivity index is 0.000001000. The Morgan fingerprint density at radius 3 is 2.73 bits per heavy atom. The molecule has 1 heterocycles. The molecular formula is C7H9ClNO2-. The highest BCUT2D eigenvalue weighted by molar-refractivity contribution is 5.97. The fourth-order valence-corrected chi connectivity index (χ4v) is 0.643. The maximum absolute atomic E-state index is 11.0. The minimum absolute atomic E-state index is 0. The zero-order valence-corrected chi connectivity index (χ0v) is 6.84. The van der Waals surface area contributed by atoms with E-state index in [0.717, 1.165) is 0 Å². The van der Waals surface area contributed by atoms with Crippen LogP contribution in [0.1, 0.15) is 17.5 Å². The van der Waals surface area contributed by atoms with Crippen molar-refractivity contribution in [3.63, 3.8) is 0 Å². The van der Waals surface area contributed by atoms with Gasteiger partial charge in [0.15, 0.2) is 5.76 Å². The Kier molecular flexibility index (Phi) is 3.85. The van der Waals surface area contributed by atoms with E-state index in [0.29, 0.717) is 5.76 Å². The summed E-state index contributed by atoms with van der Waals surface area (Å²) >= 11 is 0. The number of Topliss-reactive ketones (excluding diaryl/α,β-unsaturated/α-hetero) is 1. The smallest absolute Gasteiger partial charge is 0.214 e. The van der Waals surface area contributed by atoms with Crippen LogP contribution < -0.4 is 18.1 Å². The van der Waals surface area contributed by atoms with Crippen LogP contribution in [-0.2, 0) is 0 Å². The highest BCUT2D eigenvalue weighted by atomic mass is 35.5. The molecule has 1 aromatic heterocycles. The van der Waals surface area contributed by atoms with Crippen LogP contribution in [0.4, 0.5) is 0 Å². The third kappa shape index (κ3) is 2.37. The van der Waals surface area contributed by atoms with E-state index in [2.05, 4.69) is 0 Å². The molecule has 0 saturated heterocycles. The minimum Gasteiger partial charge on any atom is -1.00 e. The number of hydrogen-bond acceptors (Lipinski definition) is 3. The normalized spacial score (nSPS) is 11.8. The van der Waals surface area contributed by atoms with Crippen LogP contribution >= 0.6 is 0 Å². The molecule has 0 bridgehead atoms. The van der Waals surface area contributed by atoms with Gasteiger partial charge in [0.25, 0.3) is 0 Å². The van der Waals surface area contributed by atoms with Gasteiger partial charge in [-0.15, -0.1) is 0 Å². The second kappa shape index (κ2) is 4.16. The lowest BCUT2D eigenvalue weighted by Crippen LogP contribution is -3.00. The summed E-state index contributed by atoms with van der Waals surface area (Å²) in [5.74, 6) is 0.167. The van der Waals surface area contributed by atoms with Crippen LogP contribution in [0.5, 0.6) is 0 Å². The Bertz CT molecular complexity index is 218. The van der Waals surface area contributed by atoms with E-state index in [4.69, 9.17) is 10.2 Å². The molecule has 0 aliphatic heterocycles. The van der Waals surface area contributed by atoms with Gasteiger partial charge in [-0.25, -0.2) is 0 Å².